The minimum Gasteiger partial charge on any atom is -0.469 e. The SMILES string of the molecule is CCC[C@H](C)NCCC(=O)OC. The molecule has 0 amide bonds. The van der Waals surface area contributed by atoms with Gasteiger partial charge in [0.1, 0.15) is 0 Å². The van der Waals surface area contributed by atoms with Gasteiger partial charge in [-0.25, -0.2) is 0 Å². The van der Waals surface area contributed by atoms with Crippen LogP contribution in [0.1, 0.15) is 33.1 Å². The fourth-order valence-corrected chi connectivity index (χ4v) is 1.06. The third-order valence-corrected chi connectivity index (χ3v) is 1.77. The quantitative estimate of drug-likeness (QED) is 0.616. The average Bonchev–Trinajstić information content (AvgIpc) is 2.04. The molecule has 0 aromatic rings. The second-order valence-corrected chi connectivity index (χ2v) is 2.97. The van der Waals surface area contributed by atoms with Crippen LogP contribution in [0.5, 0.6) is 0 Å². The largest absolute Gasteiger partial charge is 0.469 e. The van der Waals surface area contributed by atoms with Crippen molar-refractivity contribution in [3.05, 3.63) is 0 Å². The molecule has 1 N–H and O–H groups in total. The van der Waals surface area contributed by atoms with Gasteiger partial charge in [-0.15, -0.1) is 0 Å². The first kappa shape index (κ1) is 11.4. The normalized spacial score (nSPS) is 12.6. The van der Waals surface area contributed by atoms with Gasteiger partial charge in [0.15, 0.2) is 0 Å². The van der Waals surface area contributed by atoms with Crippen LogP contribution in [0.2, 0.25) is 0 Å². The lowest BCUT2D eigenvalue weighted by Gasteiger charge is -2.11. The molecule has 0 fully saturated rings. The van der Waals surface area contributed by atoms with E-state index in [2.05, 4.69) is 23.9 Å². The number of carbonyl (C=O) groups is 1. The molecular weight excluding hydrogens is 154 g/mol. The Morgan fingerprint density at radius 2 is 2.25 bits per heavy atom. The van der Waals surface area contributed by atoms with E-state index < -0.39 is 0 Å². The summed E-state index contributed by atoms with van der Waals surface area (Å²) in [6, 6.07) is 0.500. The van der Waals surface area contributed by atoms with Gasteiger partial charge < -0.3 is 10.1 Å². The summed E-state index contributed by atoms with van der Waals surface area (Å²) in [6.07, 6.45) is 2.79. The molecule has 0 saturated carbocycles. The number of rotatable bonds is 6. The molecule has 0 aliphatic heterocycles. The zero-order valence-corrected chi connectivity index (χ0v) is 8.22. The van der Waals surface area contributed by atoms with Crippen molar-refractivity contribution in [3.8, 4) is 0 Å². The minimum absolute atomic E-state index is 0.147. The van der Waals surface area contributed by atoms with E-state index in [4.69, 9.17) is 0 Å². The Hall–Kier alpha value is -0.570. The summed E-state index contributed by atoms with van der Waals surface area (Å²) in [5, 5.41) is 3.25. The predicted molar refractivity (Wildman–Crippen MR) is 49.0 cm³/mol. The van der Waals surface area contributed by atoms with E-state index in [9.17, 15) is 4.79 Å². The van der Waals surface area contributed by atoms with Gasteiger partial charge in [-0.1, -0.05) is 13.3 Å². The Labute approximate surface area is 74.5 Å². The molecule has 3 nitrogen and oxygen atoms in total. The van der Waals surface area contributed by atoms with E-state index in [1.165, 1.54) is 13.5 Å². The first-order valence-corrected chi connectivity index (χ1v) is 4.50. The highest BCUT2D eigenvalue weighted by Gasteiger charge is 2.02. The maximum Gasteiger partial charge on any atom is 0.306 e. The van der Waals surface area contributed by atoms with Gasteiger partial charge in [0.05, 0.1) is 13.5 Å². The number of ether oxygens (including phenoxy) is 1. The minimum atomic E-state index is -0.147. The molecule has 0 heterocycles. The maximum atomic E-state index is 10.7. The zero-order chi connectivity index (χ0) is 9.40. The van der Waals surface area contributed by atoms with Gasteiger partial charge in [0.2, 0.25) is 0 Å². The maximum absolute atomic E-state index is 10.7. The van der Waals surface area contributed by atoms with Gasteiger partial charge in [-0.05, 0) is 13.3 Å². The van der Waals surface area contributed by atoms with Crippen LogP contribution in [-0.4, -0.2) is 25.7 Å². The van der Waals surface area contributed by atoms with E-state index in [-0.39, 0.29) is 5.97 Å². The first-order chi connectivity index (χ1) is 5.70. The monoisotopic (exact) mass is 173 g/mol. The van der Waals surface area contributed by atoms with Crippen LogP contribution in [0.3, 0.4) is 0 Å². The van der Waals surface area contributed by atoms with Crippen molar-refractivity contribution >= 4 is 5.97 Å². The van der Waals surface area contributed by atoms with E-state index in [1.807, 2.05) is 0 Å². The molecule has 0 aliphatic rings. The van der Waals surface area contributed by atoms with Crippen molar-refractivity contribution in [3.63, 3.8) is 0 Å². The molecule has 0 rings (SSSR count). The third kappa shape index (κ3) is 6.16. The van der Waals surface area contributed by atoms with E-state index >= 15 is 0 Å². The number of esters is 1. The van der Waals surface area contributed by atoms with Gasteiger partial charge in [-0.2, -0.15) is 0 Å². The van der Waals surface area contributed by atoms with Gasteiger partial charge >= 0.3 is 5.97 Å². The molecule has 0 radical (unpaired) electrons. The highest BCUT2D eigenvalue weighted by atomic mass is 16.5. The number of nitrogens with one attached hydrogen (secondary N) is 1. The summed E-state index contributed by atoms with van der Waals surface area (Å²) in [4.78, 5) is 10.7. The topological polar surface area (TPSA) is 38.3 Å². The lowest BCUT2D eigenvalue weighted by molar-refractivity contribution is -0.140. The second-order valence-electron chi connectivity index (χ2n) is 2.97. The molecule has 72 valence electrons. The Morgan fingerprint density at radius 1 is 1.58 bits per heavy atom. The number of methoxy groups -OCH3 is 1. The van der Waals surface area contributed by atoms with Crippen molar-refractivity contribution in [1.82, 2.24) is 5.32 Å². The number of hydrogen-bond donors (Lipinski definition) is 1. The van der Waals surface area contributed by atoms with Gasteiger partial charge in [0.25, 0.3) is 0 Å². The molecule has 0 bridgehead atoms. The lowest BCUT2D eigenvalue weighted by atomic mass is 10.2. The van der Waals surface area contributed by atoms with Crippen LogP contribution in [0.15, 0.2) is 0 Å². The molecular formula is C9H19NO2. The summed E-state index contributed by atoms with van der Waals surface area (Å²) in [5.74, 6) is -0.147. The zero-order valence-electron chi connectivity index (χ0n) is 8.22. The summed E-state index contributed by atoms with van der Waals surface area (Å²) < 4.78 is 4.51. The Kier molecular flexibility index (Phi) is 6.76. The van der Waals surface area contributed by atoms with Crippen LogP contribution in [0.4, 0.5) is 0 Å². The van der Waals surface area contributed by atoms with Gasteiger partial charge in [0, 0.05) is 12.6 Å². The van der Waals surface area contributed by atoms with Gasteiger partial charge in [-0.3, -0.25) is 4.79 Å². The predicted octanol–water partition coefficient (Wildman–Crippen LogP) is 1.33. The van der Waals surface area contributed by atoms with Crippen LogP contribution >= 0.6 is 0 Å². The highest BCUT2D eigenvalue weighted by molar-refractivity contribution is 5.69. The Balaban J connectivity index is 3.24. The molecule has 12 heavy (non-hydrogen) atoms. The molecule has 0 aromatic carbocycles. The molecule has 0 unspecified atom stereocenters. The third-order valence-electron chi connectivity index (χ3n) is 1.77. The summed E-state index contributed by atoms with van der Waals surface area (Å²) in [6.45, 7) is 4.99. The van der Waals surface area contributed by atoms with E-state index in [0.717, 1.165) is 6.42 Å². The van der Waals surface area contributed by atoms with E-state index in [0.29, 0.717) is 19.0 Å². The van der Waals surface area contributed by atoms with Crippen molar-refractivity contribution in [2.75, 3.05) is 13.7 Å². The summed E-state index contributed by atoms with van der Waals surface area (Å²) >= 11 is 0. The Morgan fingerprint density at radius 3 is 2.75 bits per heavy atom. The standard InChI is InChI=1S/C9H19NO2/c1-4-5-8(2)10-7-6-9(11)12-3/h8,10H,4-7H2,1-3H3/t8-/m0/s1. The first-order valence-electron chi connectivity index (χ1n) is 4.50. The molecule has 0 saturated heterocycles. The van der Waals surface area contributed by atoms with Crippen LogP contribution in [0.25, 0.3) is 0 Å². The summed E-state index contributed by atoms with van der Waals surface area (Å²) in [7, 11) is 1.41. The molecule has 1 atom stereocenters. The fourth-order valence-electron chi connectivity index (χ4n) is 1.06. The van der Waals surface area contributed by atoms with Crippen molar-refractivity contribution in [1.29, 1.82) is 0 Å². The molecule has 0 aliphatic carbocycles. The Bertz CT molecular complexity index is 126. The fraction of sp³-hybridized carbons (Fsp3) is 0.889. The van der Waals surface area contributed by atoms with Crippen LogP contribution < -0.4 is 5.32 Å². The van der Waals surface area contributed by atoms with Crippen LogP contribution in [-0.2, 0) is 9.53 Å². The number of hydrogen-bond acceptors (Lipinski definition) is 3. The van der Waals surface area contributed by atoms with Crippen molar-refractivity contribution < 1.29 is 9.53 Å². The smallest absolute Gasteiger partial charge is 0.306 e. The average molecular weight is 173 g/mol. The molecule has 0 aromatic heterocycles. The van der Waals surface area contributed by atoms with Crippen molar-refractivity contribution in [2.24, 2.45) is 0 Å². The second kappa shape index (κ2) is 7.10. The number of carbonyl (C=O) groups excluding carboxylic acids is 1. The molecule has 3 heteroatoms. The van der Waals surface area contributed by atoms with Crippen LogP contribution in [0, 0.1) is 0 Å². The van der Waals surface area contributed by atoms with E-state index in [1.54, 1.807) is 0 Å². The molecule has 0 spiro atoms. The highest BCUT2D eigenvalue weighted by Crippen LogP contribution is 1.94. The lowest BCUT2D eigenvalue weighted by Crippen LogP contribution is -2.28. The van der Waals surface area contributed by atoms with Crippen molar-refractivity contribution in [2.45, 2.75) is 39.2 Å². The summed E-state index contributed by atoms with van der Waals surface area (Å²) in [5.41, 5.74) is 0.